The third-order valence-corrected chi connectivity index (χ3v) is 5.89. The molecule has 6 heteroatoms. The maximum atomic E-state index is 12.5. The topological polar surface area (TPSA) is 54.9 Å². The van der Waals surface area contributed by atoms with Crippen LogP contribution in [0.15, 0.2) is 89.4 Å². The van der Waals surface area contributed by atoms with Crippen LogP contribution >= 0.6 is 23.1 Å². The Hall–Kier alpha value is -2.96. The molecule has 138 valence electrons. The molecule has 0 fully saturated rings. The van der Waals surface area contributed by atoms with E-state index in [4.69, 9.17) is 0 Å². The average molecular weight is 404 g/mol. The molecule has 1 N–H and O–H groups in total. The summed E-state index contributed by atoms with van der Waals surface area (Å²) in [4.78, 5) is 22.2. The van der Waals surface area contributed by atoms with Gasteiger partial charge in [-0.15, -0.1) is 23.1 Å². The second kappa shape index (κ2) is 8.82. The van der Waals surface area contributed by atoms with Gasteiger partial charge >= 0.3 is 0 Å². The minimum absolute atomic E-state index is 0.160. The number of amides is 1. The number of nitrogens with zero attached hydrogens (tertiary/aromatic N) is 2. The molecule has 0 aliphatic rings. The monoisotopic (exact) mass is 403 g/mol. The van der Waals surface area contributed by atoms with Crippen LogP contribution in [-0.2, 0) is 5.75 Å². The Balaban J connectivity index is 1.37. The van der Waals surface area contributed by atoms with Crippen molar-refractivity contribution in [3.05, 3.63) is 95.6 Å². The Morgan fingerprint density at radius 3 is 2.57 bits per heavy atom. The van der Waals surface area contributed by atoms with Gasteiger partial charge in [0.05, 0.1) is 5.69 Å². The maximum Gasteiger partial charge on any atom is 0.257 e. The Labute approximate surface area is 171 Å². The van der Waals surface area contributed by atoms with Crippen molar-refractivity contribution in [2.75, 3.05) is 5.32 Å². The van der Waals surface area contributed by atoms with Crippen LogP contribution < -0.4 is 5.32 Å². The standard InChI is InChI=1S/C22H17N3OS2/c26-21(25-22-24-20(15-28-22)18-7-4-12-23-13-18)17-8-10-19(11-9-17)27-14-16-5-2-1-3-6-16/h1-13,15H,14H2,(H,24,25,26). The van der Waals surface area contributed by atoms with Gasteiger partial charge in [-0.2, -0.15) is 0 Å². The Kier molecular flexibility index (Phi) is 5.80. The number of hydrogen-bond acceptors (Lipinski definition) is 5. The number of nitrogens with one attached hydrogen (secondary N) is 1. The van der Waals surface area contributed by atoms with Crippen molar-refractivity contribution in [1.82, 2.24) is 9.97 Å². The van der Waals surface area contributed by atoms with Gasteiger partial charge in [0, 0.05) is 39.5 Å². The van der Waals surface area contributed by atoms with Crippen LogP contribution in [0.2, 0.25) is 0 Å². The second-order valence-electron chi connectivity index (χ2n) is 6.03. The number of carbonyl (C=O) groups is 1. The van der Waals surface area contributed by atoms with E-state index in [1.54, 1.807) is 24.2 Å². The van der Waals surface area contributed by atoms with Gasteiger partial charge in [0.25, 0.3) is 5.91 Å². The van der Waals surface area contributed by atoms with E-state index < -0.39 is 0 Å². The molecule has 4 rings (SSSR count). The van der Waals surface area contributed by atoms with Crippen LogP contribution in [0, 0.1) is 0 Å². The normalized spacial score (nSPS) is 10.6. The highest BCUT2D eigenvalue weighted by atomic mass is 32.2. The number of benzene rings is 2. The summed E-state index contributed by atoms with van der Waals surface area (Å²) in [6.45, 7) is 0. The Bertz CT molecular complexity index is 1050. The first-order valence-corrected chi connectivity index (χ1v) is 10.6. The van der Waals surface area contributed by atoms with Crippen molar-refractivity contribution in [2.24, 2.45) is 0 Å². The lowest BCUT2D eigenvalue weighted by Crippen LogP contribution is -2.11. The van der Waals surface area contributed by atoms with Crippen LogP contribution in [0.25, 0.3) is 11.3 Å². The van der Waals surface area contributed by atoms with Crippen LogP contribution in [0.1, 0.15) is 15.9 Å². The predicted octanol–water partition coefficient (Wildman–Crippen LogP) is 5.75. The summed E-state index contributed by atoms with van der Waals surface area (Å²) in [7, 11) is 0. The number of thiazole rings is 1. The van der Waals surface area contributed by atoms with E-state index in [9.17, 15) is 4.79 Å². The molecule has 0 saturated heterocycles. The lowest BCUT2D eigenvalue weighted by molar-refractivity contribution is 0.102. The molecule has 0 atom stereocenters. The van der Waals surface area contributed by atoms with Crippen molar-refractivity contribution < 1.29 is 4.79 Å². The molecule has 2 aromatic heterocycles. The van der Waals surface area contributed by atoms with Crippen LogP contribution in [0.4, 0.5) is 5.13 Å². The predicted molar refractivity (Wildman–Crippen MR) is 116 cm³/mol. The summed E-state index contributed by atoms with van der Waals surface area (Å²) in [5.41, 5.74) is 3.63. The van der Waals surface area contributed by atoms with Crippen LogP contribution in [-0.4, -0.2) is 15.9 Å². The highest BCUT2D eigenvalue weighted by Gasteiger charge is 2.10. The molecule has 0 spiro atoms. The fraction of sp³-hybridized carbons (Fsp3) is 0.0455. The SMILES string of the molecule is O=C(Nc1nc(-c2cccnc2)cs1)c1ccc(SCc2ccccc2)cc1. The van der Waals surface area contributed by atoms with Crippen molar-refractivity contribution >= 4 is 34.1 Å². The minimum atomic E-state index is -0.160. The molecule has 0 aliphatic carbocycles. The van der Waals surface area contributed by atoms with Gasteiger partial charge in [0.1, 0.15) is 0 Å². The number of hydrogen-bond donors (Lipinski definition) is 1. The molecule has 0 bridgehead atoms. The van der Waals surface area contributed by atoms with E-state index in [-0.39, 0.29) is 5.91 Å². The summed E-state index contributed by atoms with van der Waals surface area (Å²) >= 11 is 3.15. The van der Waals surface area contributed by atoms with Crippen molar-refractivity contribution in [2.45, 2.75) is 10.6 Å². The number of aromatic nitrogens is 2. The molecule has 4 nitrogen and oxygen atoms in total. The zero-order chi connectivity index (χ0) is 19.2. The van der Waals surface area contributed by atoms with E-state index in [1.165, 1.54) is 16.9 Å². The highest BCUT2D eigenvalue weighted by molar-refractivity contribution is 7.98. The zero-order valence-corrected chi connectivity index (χ0v) is 16.5. The molecule has 0 unspecified atom stereocenters. The van der Waals surface area contributed by atoms with Gasteiger partial charge < -0.3 is 0 Å². The van der Waals surface area contributed by atoms with Gasteiger partial charge in [-0.3, -0.25) is 15.1 Å². The second-order valence-corrected chi connectivity index (χ2v) is 7.94. The molecule has 2 heterocycles. The molecule has 0 saturated carbocycles. The van der Waals surface area contributed by atoms with E-state index in [1.807, 2.05) is 60.0 Å². The summed E-state index contributed by atoms with van der Waals surface area (Å²) in [5, 5.41) is 5.35. The lowest BCUT2D eigenvalue weighted by Gasteiger charge is -2.05. The molecule has 4 aromatic rings. The molecule has 0 aliphatic heterocycles. The lowest BCUT2D eigenvalue weighted by atomic mass is 10.2. The van der Waals surface area contributed by atoms with Gasteiger partial charge in [-0.25, -0.2) is 4.98 Å². The number of carbonyl (C=O) groups excluding carboxylic acids is 1. The van der Waals surface area contributed by atoms with Gasteiger partial charge in [0.2, 0.25) is 0 Å². The summed E-state index contributed by atoms with van der Waals surface area (Å²) in [6.07, 6.45) is 3.48. The van der Waals surface area contributed by atoms with Gasteiger partial charge in [-0.1, -0.05) is 30.3 Å². The van der Waals surface area contributed by atoms with E-state index in [0.29, 0.717) is 10.7 Å². The number of thioether (sulfide) groups is 1. The highest BCUT2D eigenvalue weighted by Crippen LogP contribution is 2.25. The Morgan fingerprint density at radius 2 is 1.82 bits per heavy atom. The third kappa shape index (κ3) is 4.65. The quantitative estimate of drug-likeness (QED) is 0.417. The molecular formula is C22H17N3OS2. The van der Waals surface area contributed by atoms with Crippen LogP contribution in [0.5, 0.6) is 0 Å². The fourth-order valence-electron chi connectivity index (χ4n) is 2.59. The zero-order valence-electron chi connectivity index (χ0n) is 14.9. The smallest absolute Gasteiger partial charge is 0.257 e. The fourth-order valence-corrected chi connectivity index (χ4v) is 4.16. The van der Waals surface area contributed by atoms with Gasteiger partial charge in [-0.05, 0) is 42.0 Å². The summed E-state index contributed by atoms with van der Waals surface area (Å²) in [5.74, 6) is 0.745. The number of pyridine rings is 1. The first kappa shape index (κ1) is 18.4. The summed E-state index contributed by atoms with van der Waals surface area (Å²) in [6, 6.07) is 21.8. The maximum absolute atomic E-state index is 12.5. The van der Waals surface area contributed by atoms with Crippen molar-refractivity contribution in [3.63, 3.8) is 0 Å². The largest absolute Gasteiger partial charge is 0.298 e. The van der Waals surface area contributed by atoms with Crippen molar-refractivity contribution in [3.8, 4) is 11.3 Å². The number of anilines is 1. The van der Waals surface area contributed by atoms with Crippen LogP contribution in [0.3, 0.4) is 0 Å². The van der Waals surface area contributed by atoms with Crippen molar-refractivity contribution in [1.29, 1.82) is 0 Å². The Morgan fingerprint density at radius 1 is 1.00 bits per heavy atom. The molecule has 28 heavy (non-hydrogen) atoms. The minimum Gasteiger partial charge on any atom is -0.298 e. The van der Waals surface area contributed by atoms with Gasteiger partial charge in [0.15, 0.2) is 5.13 Å². The molecule has 2 aromatic carbocycles. The van der Waals surface area contributed by atoms with E-state index in [0.717, 1.165) is 21.9 Å². The third-order valence-electron chi connectivity index (χ3n) is 4.05. The number of rotatable bonds is 6. The van der Waals surface area contributed by atoms with E-state index >= 15 is 0 Å². The summed E-state index contributed by atoms with van der Waals surface area (Å²) < 4.78 is 0. The molecule has 0 radical (unpaired) electrons. The average Bonchev–Trinajstić information content (AvgIpc) is 3.22. The van der Waals surface area contributed by atoms with E-state index in [2.05, 4.69) is 27.4 Å². The first-order chi connectivity index (χ1) is 13.8. The molecule has 1 amide bonds. The first-order valence-electron chi connectivity index (χ1n) is 8.72. The molecular weight excluding hydrogens is 386 g/mol.